The first-order chi connectivity index (χ1) is 7.72. The summed E-state index contributed by atoms with van der Waals surface area (Å²) in [6.07, 6.45) is 0. The van der Waals surface area contributed by atoms with Crippen LogP contribution in [0.5, 0.6) is 0 Å². The lowest BCUT2D eigenvalue weighted by atomic mass is 10.1. The molecule has 1 N–H and O–H groups in total. The normalized spacial score (nSPS) is 10.7. The highest BCUT2D eigenvalue weighted by Crippen LogP contribution is 2.22. The Hall–Kier alpha value is -1.54. The standard InChI is InChI=1S/C14H17NO/c1-11-3-6-13(7-4-11)14-8-5-12(2)15(14)9-10-16/h3-8,16H,9-10H2,1-2H3. The van der Waals surface area contributed by atoms with Crippen LogP contribution in [0.1, 0.15) is 11.3 Å². The van der Waals surface area contributed by atoms with E-state index < -0.39 is 0 Å². The Morgan fingerprint density at radius 1 is 1.00 bits per heavy atom. The third-order valence-corrected chi connectivity index (χ3v) is 2.87. The van der Waals surface area contributed by atoms with Crippen molar-refractivity contribution >= 4 is 0 Å². The molecule has 0 saturated heterocycles. The molecule has 84 valence electrons. The fraction of sp³-hybridized carbons (Fsp3) is 0.286. The molecular formula is C14H17NO. The molecule has 0 amide bonds. The van der Waals surface area contributed by atoms with Crippen molar-refractivity contribution in [2.75, 3.05) is 6.61 Å². The second kappa shape index (κ2) is 4.54. The maximum Gasteiger partial charge on any atom is 0.0610 e. The van der Waals surface area contributed by atoms with E-state index in [1.165, 1.54) is 22.5 Å². The van der Waals surface area contributed by atoms with E-state index in [4.69, 9.17) is 5.11 Å². The molecule has 0 radical (unpaired) electrons. The average molecular weight is 215 g/mol. The molecule has 0 aliphatic rings. The molecular weight excluding hydrogens is 198 g/mol. The summed E-state index contributed by atoms with van der Waals surface area (Å²) in [6, 6.07) is 12.7. The fourth-order valence-electron chi connectivity index (χ4n) is 1.94. The van der Waals surface area contributed by atoms with Crippen LogP contribution in [0.15, 0.2) is 36.4 Å². The Bertz CT molecular complexity index is 468. The molecule has 2 rings (SSSR count). The molecule has 16 heavy (non-hydrogen) atoms. The highest BCUT2D eigenvalue weighted by Gasteiger charge is 2.06. The SMILES string of the molecule is Cc1ccc(-c2ccc(C)n2CCO)cc1. The number of aliphatic hydroxyl groups excluding tert-OH is 1. The van der Waals surface area contributed by atoms with Crippen molar-refractivity contribution in [3.05, 3.63) is 47.7 Å². The predicted molar refractivity (Wildman–Crippen MR) is 66.4 cm³/mol. The second-order valence-corrected chi connectivity index (χ2v) is 4.10. The summed E-state index contributed by atoms with van der Waals surface area (Å²) in [7, 11) is 0. The number of aryl methyl sites for hydroxylation is 2. The van der Waals surface area contributed by atoms with Gasteiger partial charge in [-0.3, -0.25) is 0 Å². The zero-order chi connectivity index (χ0) is 11.5. The number of aliphatic hydroxyl groups is 1. The third-order valence-electron chi connectivity index (χ3n) is 2.87. The van der Waals surface area contributed by atoms with Gasteiger partial charge in [0.2, 0.25) is 0 Å². The van der Waals surface area contributed by atoms with Gasteiger partial charge in [0, 0.05) is 17.9 Å². The Kier molecular flexibility index (Phi) is 3.11. The van der Waals surface area contributed by atoms with Crippen LogP contribution >= 0.6 is 0 Å². The molecule has 2 heteroatoms. The van der Waals surface area contributed by atoms with Gasteiger partial charge in [-0.1, -0.05) is 29.8 Å². The molecule has 0 aliphatic heterocycles. The number of nitrogens with zero attached hydrogens (tertiary/aromatic N) is 1. The Labute approximate surface area is 96.2 Å². The van der Waals surface area contributed by atoms with Gasteiger partial charge in [0.05, 0.1) is 6.61 Å². The molecule has 1 aromatic heterocycles. The summed E-state index contributed by atoms with van der Waals surface area (Å²) >= 11 is 0. The highest BCUT2D eigenvalue weighted by atomic mass is 16.3. The minimum Gasteiger partial charge on any atom is -0.395 e. The van der Waals surface area contributed by atoms with E-state index in [1.54, 1.807) is 0 Å². The van der Waals surface area contributed by atoms with E-state index in [0.717, 1.165) is 0 Å². The Balaban J connectivity index is 2.43. The summed E-state index contributed by atoms with van der Waals surface area (Å²) in [5.41, 5.74) is 4.82. The monoisotopic (exact) mass is 215 g/mol. The van der Waals surface area contributed by atoms with Crippen LogP contribution in [0.3, 0.4) is 0 Å². The predicted octanol–water partition coefficient (Wildman–Crippen LogP) is 2.76. The van der Waals surface area contributed by atoms with Gasteiger partial charge in [-0.25, -0.2) is 0 Å². The quantitative estimate of drug-likeness (QED) is 0.836. The van der Waals surface area contributed by atoms with Gasteiger partial charge < -0.3 is 9.67 Å². The lowest BCUT2D eigenvalue weighted by Gasteiger charge is -2.10. The zero-order valence-corrected chi connectivity index (χ0v) is 9.77. The lowest BCUT2D eigenvalue weighted by Crippen LogP contribution is -2.05. The number of rotatable bonds is 3. The van der Waals surface area contributed by atoms with Crippen LogP contribution in [-0.2, 0) is 6.54 Å². The van der Waals surface area contributed by atoms with Crippen LogP contribution < -0.4 is 0 Å². The number of hydrogen-bond donors (Lipinski definition) is 1. The van der Waals surface area contributed by atoms with Crippen molar-refractivity contribution in [1.29, 1.82) is 0 Å². The minimum atomic E-state index is 0.175. The van der Waals surface area contributed by atoms with Gasteiger partial charge in [0.15, 0.2) is 0 Å². The molecule has 0 bridgehead atoms. The molecule has 0 aliphatic carbocycles. The van der Waals surface area contributed by atoms with Crippen molar-refractivity contribution < 1.29 is 5.11 Å². The van der Waals surface area contributed by atoms with Crippen LogP contribution in [0, 0.1) is 13.8 Å². The van der Waals surface area contributed by atoms with Crippen LogP contribution in [0.4, 0.5) is 0 Å². The summed E-state index contributed by atoms with van der Waals surface area (Å²) in [6.45, 7) is 4.98. The largest absolute Gasteiger partial charge is 0.395 e. The topological polar surface area (TPSA) is 25.2 Å². The second-order valence-electron chi connectivity index (χ2n) is 4.10. The van der Waals surface area contributed by atoms with Crippen molar-refractivity contribution in [1.82, 2.24) is 4.57 Å². The molecule has 2 nitrogen and oxygen atoms in total. The van der Waals surface area contributed by atoms with E-state index >= 15 is 0 Å². The number of benzene rings is 1. The molecule has 0 fully saturated rings. The first-order valence-corrected chi connectivity index (χ1v) is 5.56. The Morgan fingerprint density at radius 2 is 1.69 bits per heavy atom. The molecule has 0 unspecified atom stereocenters. The first kappa shape index (κ1) is 11.0. The van der Waals surface area contributed by atoms with E-state index in [0.29, 0.717) is 6.54 Å². The van der Waals surface area contributed by atoms with E-state index in [-0.39, 0.29) is 6.61 Å². The van der Waals surface area contributed by atoms with Crippen LogP contribution in [0.2, 0.25) is 0 Å². The zero-order valence-electron chi connectivity index (χ0n) is 9.77. The van der Waals surface area contributed by atoms with Gasteiger partial charge in [-0.2, -0.15) is 0 Å². The maximum absolute atomic E-state index is 9.06. The maximum atomic E-state index is 9.06. The summed E-state index contributed by atoms with van der Waals surface area (Å²) in [5.74, 6) is 0. The van der Waals surface area contributed by atoms with E-state index in [9.17, 15) is 0 Å². The third kappa shape index (κ3) is 2.02. The van der Waals surface area contributed by atoms with Gasteiger partial charge >= 0.3 is 0 Å². The summed E-state index contributed by atoms with van der Waals surface area (Å²) in [5, 5.41) is 9.06. The fourth-order valence-corrected chi connectivity index (χ4v) is 1.94. The van der Waals surface area contributed by atoms with Gasteiger partial charge in [-0.15, -0.1) is 0 Å². The van der Waals surface area contributed by atoms with Crippen molar-refractivity contribution in [2.24, 2.45) is 0 Å². The molecule has 0 atom stereocenters. The van der Waals surface area contributed by atoms with E-state index in [1.807, 2.05) is 0 Å². The van der Waals surface area contributed by atoms with Crippen molar-refractivity contribution in [3.63, 3.8) is 0 Å². The number of aromatic nitrogens is 1. The molecule has 2 aromatic rings. The first-order valence-electron chi connectivity index (χ1n) is 5.56. The van der Waals surface area contributed by atoms with Crippen molar-refractivity contribution in [2.45, 2.75) is 20.4 Å². The van der Waals surface area contributed by atoms with Crippen molar-refractivity contribution in [3.8, 4) is 11.3 Å². The smallest absolute Gasteiger partial charge is 0.0610 e. The van der Waals surface area contributed by atoms with Gasteiger partial charge in [0.25, 0.3) is 0 Å². The minimum absolute atomic E-state index is 0.175. The molecule has 0 spiro atoms. The van der Waals surface area contributed by atoms with Gasteiger partial charge in [-0.05, 0) is 31.5 Å². The molecule has 1 aromatic carbocycles. The van der Waals surface area contributed by atoms with Crippen LogP contribution in [-0.4, -0.2) is 16.3 Å². The Morgan fingerprint density at radius 3 is 2.31 bits per heavy atom. The molecule has 1 heterocycles. The average Bonchev–Trinajstić information content (AvgIpc) is 2.63. The number of hydrogen-bond acceptors (Lipinski definition) is 1. The summed E-state index contributed by atoms with van der Waals surface area (Å²) < 4.78 is 2.14. The van der Waals surface area contributed by atoms with Crippen LogP contribution in [0.25, 0.3) is 11.3 Å². The van der Waals surface area contributed by atoms with E-state index in [2.05, 4.69) is 54.8 Å². The van der Waals surface area contributed by atoms with Gasteiger partial charge in [0.1, 0.15) is 0 Å². The highest BCUT2D eigenvalue weighted by molar-refractivity contribution is 5.61. The molecule has 0 saturated carbocycles. The lowest BCUT2D eigenvalue weighted by molar-refractivity contribution is 0.276. The summed E-state index contributed by atoms with van der Waals surface area (Å²) in [4.78, 5) is 0.